The second kappa shape index (κ2) is 9.66. The molecule has 7 heteroatoms. The third kappa shape index (κ3) is 4.37. The number of anilines is 1. The van der Waals surface area contributed by atoms with Gasteiger partial charge in [-0.2, -0.15) is 0 Å². The van der Waals surface area contributed by atoms with Gasteiger partial charge in [0.05, 0.1) is 29.2 Å². The van der Waals surface area contributed by atoms with E-state index >= 15 is 0 Å². The summed E-state index contributed by atoms with van der Waals surface area (Å²) in [5.41, 5.74) is 2.78. The zero-order valence-corrected chi connectivity index (χ0v) is 19.4. The average Bonchev–Trinajstić information content (AvgIpc) is 3.16. The summed E-state index contributed by atoms with van der Waals surface area (Å²) in [5, 5.41) is -0.108. The van der Waals surface area contributed by atoms with Crippen LogP contribution in [0.5, 0.6) is 0 Å². The Balaban J connectivity index is 1.31. The third-order valence-electron chi connectivity index (χ3n) is 6.67. The number of rotatable bonds is 5. The SMILES string of the molecule is O=C1C[C@H](N2CCN(C(c3ccccc3)c3ccccc3)CC2)C(=O)N1c1ccc(F)c(Cl)c1. The fourth-order valence-electron chi connectivity index (χ4n) is 4.99. The Morgan fingerprint density at radius 1 is 0.824 bits per heavy atom. The van der Waals surface area contributed by atoms with Gasteiger partial charge in [0, 0.05) is 26.2 Å². The molecule has 0 bridgehead atoms. The number of carbonyl (C=O) groups excluding carboxylic acids is 2. The van der Waals surface area contributed by atoms with Gasteiger partial charge >= 0.3 is 0 Å². The molecule has 5 rings (SSSR count). The van der Waals surface area contributed by atoms with Crippen LogP contribution in [0, 0.1) is 5.82 Å². The fraction of sp³-hybridized carbons (Fsp3) is 0.259. The van der Waals surface area contributed by atoms with Crippen LogP contribution in [0.4, 0.5) is 10.1 Å². The zero-order chi connectivity index (χ0) is 23.7. The highest BCUT2D eigenvalue weighted by atomic mass is 35.5. The lowest BCUT2D eigenvalue weighted by Gasteiger charge is -2.41. The topological polar surface area (TPSA) is 43.9 Å². The molecular formula is C27H25ClFN3O2. The van der Waals surface area contributed by atoms with E-state index in [1.54, 1.807) is 0 Å². The minimum atomic E-state index is -0.580. The van der Waals surface area contributed by atoms with Crippen LogP contribution >= 0.6 is 11.6 Å². The largest absolute Gasteiger partial charge is 0.290 e. The molecule has 2 heterocycles. The van der Waals surface area contributed by atoms with Crippen LogP contribution in [-0.2, 0) is 9.59 Å². The van der Waals surface area contributed by atoms with Crippen LogP contribution in [0.15, 0.2) is 78.9 Å². The molecule has 0 aromatic heterocycles. The molecule has 0 radical (unpaired) electrons. The van der Waals surface area contributed by atoms with Crippen LogP contribution in [-0.4, -0.2) is 53.8 Å². The van der Waals surface area contributed by atoms with Crippen molar-refractivity contribution in [1.29, 1.82) is 0 Å². The summed E-state index contributed by atoms with van der Waals surface area (Å²) in [6.07, 6.45) is 0.120. The minimum absolute atomic E-state index is 0.108. The van der Waals surface area contributed by atoms with Crippen LogP contribution in [0.25, 0.3) is 0 Å². The Morgan fingerprint density at radius 2 is 1.41 bits per heavy atom. The molecule has 174 valence electrons. The molecule has 2 aliphatic rings. The number of hydrogen-bond acceptors (Lipinski definition) is 4. The summed E-state index contributed by atoms with van der Waals surface area (Å²) < 4.78 is 13.6. The maximum Gasteiger partial charge on any atom is 0.251 e. The van der Waals surface area contributed by atoms with Gasteiger partial charge in [0.2, 0.25) is 5.91 Å². The number of amides is 2. The predicted molar refractivity (Wildman–Crippen MR) is 130 cm³/mol. The molecule has 1 atom stereocenters. The number of halogens is 2. The summed E-state index contributed by atoms with van der Waals surface area (Å²) in [4.78, 5) is 31.6. The first-order chi connectivity index (χ1) is 16.5. The Morgan fingerprint density at radius 3 is 1.97 bits per heavy atom. The quantitative estimate of drug-likeness (QED) is 0.507. The lowest BCUT2D eigenvalue weighted by molar-refractivity contribution is -0.123. The highest BCUT2D eigenvalue weighted by Gasteiger charge is 2.44. The number of nitrogens with zero attached hydrogens (tertiary/aromatic N) is 3. The van der Waals surface area contributed by atoms with Gasteiger partial charge in [-0.15, -0.1) is 0 Å². The molecule has 0 aliphatic carbocycles. The first-order valence-electron chi connectivity index (χ1n) is 11.4. The van der Waals surface area contributed by atoms with Gasteiger partial charge in [-0.05, 0) is 29.3 Å². The maximum absolute atomic E-state index is 13.6. The second-order valence-corrected chi connectivity index (χ2v) is 9.09. The molecule has 0 unspecified atom stereocenters. The van der Waals surface area contributed by atoms with Crippen LogP contribution in [0.3, 0.4) is 0 Å². The second-order valence-electron chi connectivity index (χ2n) is 8.68. The van der Waals surface area contributed by atoms with Crippen molar-refractivity contribution in [2.24, 2.45) is 0 Å². The Kier molecular flexibility index (Phi) is 6.46. The first kappa shape index (κ1) is 22.7. The highest BCUT2D eigenvalue weighted by molar-refractivity contribution is 6.31. The Hall–Kier alpha value is -3.06. The normalized spacial score (nSPS) is 19.9. The molecule has 2 aliphatic heterocycles. The molecule has 3 aromatic rings. The van der Waals surface area contributed by atoms with Gasteiger partial charge in [-0.3, -0.25) is 19.4 Å². The molecule has 34 heavy (non-hydrogen) atoms. The van der Waals surface area contributed by atoms with Gasteiger partial charge in [0.1, 0.15) is 5.82 Å². The van der Waals surface area contributed by atoms with Crippen molar-refractivity contribution >= 4 is 29.1 Å². The lowest BCUT2D eigenvalue weighted by atomic mass is 9.96. The molecule has 0 saturated carbocycles. The average molecular weight is 478 g/mol. The highest BCUT2D eigenvalue weighted by Crippen LogP contribution is 2.32. The molecule has 3 aromatic carbocycles. The van der Waals surface area contributed by atoms with Gasteiger partial charge in [-0.1, -0.05) is 72.3 Å². The molecule has 2 saturated heterocycles. The fourth-order valence-corrected chi connectivity index (χ4v) is 5.16. The number of hydrogen-bond donors (Lipinski definition) is 0. The third-order valence-corrected chi connectivity index (χ3v) is 6.96. The predicted octanol–water partition coefficient (Wildman–Crippen LogP) is 4.52. The van der Waals surface area contributed by atoms with Gasteiger partial charge in [0.25, 0.3) is 5.91 Å². The Bertz CT molecular complexity index is 1140. The van der Waals surface area contributed by atoms with Gasteiger partial charge < -0.3 is 0 Å². The lowest BCUT2D eigenvalue weighted by Crippen LogP contribution is -2.53. The van der Waals surface area contributed by atoms with Gasteiger partial charge in [-0.25, -0.2) is 9.29 Å². The van der Waals surface area contributed by atoms with Crippen molar-refractivity contribution in [3.63, 3.8) is 0 Å². The van der Waals surface area contributed by atoms with E-state index in [2.05, 4.69) is 58.3 Å². The summed E-state index contributed by atoms with van der Waals surface area (Å²) in [6, 6.07) is 24.4. The van der Waals surface area contributed by atoms with Crippen molar-refractivity contribution in [1.82, 2.24) is 9.80 Å². The molecular weight excluding hydrogens is 453 g/mol. The molecule has 5 nitrogen and oxygen atoms in total. The first-order valence-corrected chi connectivity index (χ1v) is 11.8. The minimum Gasteiger partial charge on any atom is -0.290 e. The van der Waals surface area contributed by atoms with E-state index in [4.69, 9.17) is 11.6 Å². The smallest absolute Gasteiger partial charge is 0.251 e. The summed E-state index contributed by atoms with van der Waals surface area (Å²) >= 11 is 5.88. The maximum atomic E-state index is 13.6. The Labute approximate surface area is 203 Å². The molecule has 2 amide bonds. The summed E-state index contributed by atoms with van der Waals surface area (Å²) in [6.45, 7) is 2.90. The molecule has 0 N–H and O–H groups in total. The number of piperazine rings is 1. The summed E-state index contributed by atoms with van der Waals surface area (Å²) in [7, 11) is 0. The van der Waals surface area contributed by atoms with Crippen molar-refractivity contribution in [3.8, 4) is 0 Å². The zero-order valence-electron chi connectivity index (χ0n) is 18.6. The van der Waals surface area contributed by atoms with Crippen LogP contribution in [0.1, 0.15) is 23.6 Å². The number of carbonyl (C=O) groups is 2. The van der Waals surface area contributed by atoms with E-state index in [1.807, 2.05) is 12.1 Å². The van der Waals surface area contributed by atoms with Crippen LogP contribution in [0.2, 0.25) is 5.02 Å². The van der Waals surface area contributed by atoms with Gasteiger partial charge in [0.15, 0.2) is 0 Å². The van der Waals surface area contributed by atoms with E-state index in [9.17, 15) is 14.0 Å². The van der Waals surface area contributed by atoms with E-state index in [0.29, 0.717) is 18.8 Å². The number of benzene rings is 3. The monoisotopic (exact) mass is 477 g/mol. The summed E-state index contributed by atoms with van der Waals surface area (Å²) in [5.74, 6) is -1.14. The van der Waals surface area contributed by atoms with E-state index in [1.165, 1.54) is 29.3 Å². The molecule has 2 fully saturated rings. The van der Waals surface area contributed by atoms with Crippen molar-refractivity contribution in [2.75, 3.05) is 31.1 Å². The number of imide groups is 1. The van der Waals surface area contributed by atoms with Crippen molar-refractivity contribution in [3.05, 3.63) is 101 Å². The van der Waals surface area contributed by atoms with Crippen molar-refractivity contribution in [2.45, 2.75) is 18.5 Å². The van der Waals surface area contributed by atoms with Crippen molar-refractivity contribution < 1.29 is 14.0 Å². The standard InChI is InChI=1S/C27H25ClFN3O2/c28-22-17-21(11-12-23(22)29)32-25(33)18-24(27(32)34)30-13-15-31(16-14-30)26(19-7-3-1-4-8-19)20-9-5-2-6-10-20/h1-12,17,24,26H,13-16,18H2/t24-/m0/s1. The molecule has 0 spiro atoms. The van der Waals surface area contributed by atoms with E-state index < -0.39 is 11.9 Å². The van der Waals surface area contributed by atoms with E-state index in [0.717, 1.165) is 18.0 Å². The van der Waals surface area contributed by atoms with E-state index in [-0.39, 0.29) is 29.3 Å². The van der Waals surface area contributed by atoms with Crippen LogP contribution < -0.4 is 4.90 Å².